The number of hydrogen-bond donors (Lipinski definition) is 3. The highest BCUT2D eigenvalue weighted by atomic mass is 127. The summed E-state index contributed by atoms with van der Waals surface area (Å²) in [7, 11) is 0. The molecule has 174 valence electrons. The standard InChI is InChI=1S/C23H29FN4O3.HI/c1-2-25-23(27-12-14-4-7-18(24)17(10-14)13-29)26-8-3-9-28-21(30)19-15-5-6-16(11-15)20(19)22(28)31;/h4-7,10,15-16,19-20,29H,2-3,8-9,11-13H2,1H3,(H2,25,26,27);1H. The molecule has 1 saturated carbocycles. The van der Waals surface area contributed by atoms with Crippen molar-refractivity contribution in [1.29, 1.82) is 0 Å². The number of imide groups is 1. The molecule has 1 heterocycles. The summed E-state index contributed by atoms with van der Waals surface area (Å²) in [6.45, 7) is 3.60. The van der Waals surface area contributed by atoms with E-state index in [0.717, 1.165) is 12.0 Å². The fraction of sp³-hybridized carbons (Fsp3) is 0.522. The van der Waals surface area contributed by atoms with Crippen molar-refractivity contribution in [3.05, 3.63) is 47.3 Å². The first kappa shape index (κ1) is 24.6. The summed E-state index contributed by atoms with van der Waals surface area (Å²) in [5.41, 5.74) is 1.05. The molecule has 32 heavy (non-hydrogen) atoms. The van der Waals surface area contributed by atoms with Gasteiger partial charge in [-0.25, -0.2) is 9.38 Å². The molecule has 4 unspecified atom stereocenters. The Morgan fingerprint density at radius 1 is 1.19 bits per heavy atom. The Hall–Kier alpha value is -2.01. The van der Waals surface area contributed by atoms with Crippen LogP contribution in [-0.2, 0) is 22.7 Å². The molecule has 3 N–H and O–H groups in total. The molecule has 3 aliphatic rings. The highest BCUT2D eigenvalue weighted by Crippen LogP contribution is 2.52. The normalized spacial score (nSPS) is 25.8. The third-order valence-electron chi connectivity index (χ3n) is 6.46. The van der Waals surface area contributed by atoms with Crippen molar-refractivity contribution in [3.63, 3.8) is 0 Å². The quantitative estimate of drug-likeness (QED) is 0.114. The van der Waals surface area contributed by atoms with E-state index in [0.29, 0.717) is 38.6 Å². The van der Waals surface area contributed by atoms with Gasteiger partial charge >= 0.3 is 0 Å². The molecule has 4 rings (SSSR count). The van der Waals surface area contributed by atoms with Gasteiger partial charge in [0.1, 0.15) is 5.82 Å². The highest BCUT2D eigenvalue weighted by Gasteiger charge is 2.58. The van der Waals surface area contributed by atoms with Gasteiger partial charge in [-0.05, 0) is 49.3 Å². The zero-order valence-electron chi connectivity index (χ0n) is 18.1. The Balaban J connectivity index is 0.00000289. The number of aliphatic hydroxyl groups excluding tert-OH is 1. The van der Waals surface area contributed by atoms with E-state index in [-0.39, 0.29) is 71.6 Å². The van der Waals surface area contributed by atoms with Crippen LogP contribution in [0.5, 0.6) is 0 Å². The molecule has 7 nitrogen and oxygen atoms in total. The lowest BCUT2D eigenvalue weighted by Gasteiger charge is -2.18. The molecule has 2 aliphatic carbocycles. The van der Waals surface area contributed by atoms with Crippen LogP contribution in [0.4, 0.5) is 4.39 Å². The van der Waals surface area contributed by atoms with Crippen LogP contribution in [0.15, 0.2) is 35.3 Å². The minimum atomic E-state index is -0.431. The third kappa shape index (κ3) is 4.83. The summed E-state index contributed by atoms with van der Waals surface area (Å²) in [4.78, 5) is 31.4. The Morgan fingerprint density at radius 3 is 2.50 bits per heavy atom. The molecule has 1 aromatic rings. The summed E-state index contributed by atoms with van der Waals surface area (Å²) in [6, 6.07) is 4.58. The number of benzene rings is 1. The average molecular weight is 556 g/mol. The van der Waals surface area contributed by atoms with Gasteiger partial charge in [0, 0.05) is 25.2 Å². The second-order valence-electron chi connectivity index (χ2n) is 8.39. The number of fused-ring (bicyclic) bond motifs is 5. The number of guanidine groups is 1. The van der Waals surface area contributed by atoms with Gasteiger partial charge in [0.05, 0.1) is 25.0 Å². The first-order valence-electron chi connectivity index (χ1n) is 11.0. The number of carbonyl (C=O) groups is 2. The first-order chi connectivity index (χ1) is 15.0. The summed E-state index contributed by atoms with van der Waals surface area (Å²) in [5.74, 6) is 0.337. The van der Waals surface area contributed by atoms with Crippen LogP contribution in [0.3, 0.4) is 0 Å². The van der Waals surface area contributed by atoms with Crippen LogP contribution in [0.1, 0.15) is 30.9 Å². The molecule has 9 heteroatoms. The Kier molecular flexibility index (Phi) is 8.26. The minimum Gasteiger partial charge on any atom is -0.392 e. The molecule has 2 bridgehead atoms. The van der Waals surface area contributed by atoms with Gasteiger partial charge in [-0.3, -0.25) is 14.5 Å². The molecule has 1 aliphatic heterocycles. The van der Waals surface area contributed by atoms with Gasteiger partial charge < -0.3 is 15.7 Å². The van der Waals surface area contributed by atoms with Crippen molar-refractivity contribution in [2.75, 3.05) is 19.6 Å². The van der Waals surface area contributed by atoms with Crippen molar-refractivity contribution in [2.24, 2.45) is 28.7 Å². The monoisotopic (exact) mass is 556 g/mol. The second kappa shape index (κ2) is 10.7. The van der Waals surface area contributed by atoms with Crippen LogP contribution in [0.25, 0.3) is 0 Å². The Bertz CT molecular complexity index is 893. The van der Waals surface area contributed by atoms with Gasteiger partial charge in [-0.15, -0.1) is 24.0 Å². The van der Waals surface area contributed by atoms with Crippen LogP contribution >= 0.6 is 24.0 Å². The SMILES string of the molecule is CCNC(=NCc1ccc(F)c(CO)c1)NCCCN1C(=O)C2C3C=CC(C3)C2C1=O.I. The van der Waals surface area contributed by atoms with E-state index >= 15 is 0 Å². The van der Waals surface area contributed by atoms with Gasteiger partial charge in [0.25, 0.3) is 0 Å². The maximum Gasteiger partial charge on any atom is 0.233 e. The van der Waals surface area contributed by atoms with E-state index in [1.165, 1.54) is 11.0 Å². The van der Waals surface area contributed by atoms with Crippen molar-refractivity contribution in [2.45, 2.75) is 32.9 Å². The smallest absolute Gasteiger partial charge is 0.233 e. The topological polar surface area (TPSA) is 94.0 Å². The van der Waals surface area contributed by atoms with Gasteiger partial charge in [-0.1, -0.05) is 18.2 Å². The molecule has 4 atom stereocenters. The zero-order valence-corrected chi connectivity index (χ0v) is 20.4. The first-order valence-corrected chi connectivity index (χ1v) is 11.0. The fourth-order valence-corrected chi connectivity index (χ4v) is 4.99. The average Bonchev–Trinajstić information content (AvgIpc) is 3.45. The lowest BCUT2D eigenvalue weighted by atomic mass is 9.85. The maximum atomic E-state index is 13.5. The highest BCUT2D eigenvalue weighted by molar-refractivity contribution is 14.0. The number of nitrogens with one attached hydrogen (secondary N) is 2. The number of halogens is 2. The molecule has 0 radical (unpaired) electrons. The molecule has 0 spiro atoms. The van der Waals surface area contributed by atoms with Crippen LogP contribution in [-0.4, -0.2) is 47.4 Å². The van der Waals surface area contributed by atoms with Gasteiger partial charge in [0.15, 0.2) is 5.96 Å². The minimum absolute atomic E-state index is 0. The van der Waals surface area contributed by atoms with E-state index in [1.807, 2.05) is 6.92 Å². The second-order valence-corrected chi connectivity index (χ2v) is 8.39. The van der Waals surface area contributed by atoms with E-state index < -0.39 is 5.82 Å². The summed E-state index contributed by atoms with van der Waals surface area (Å²) < 4.78 is 13.5. The number of rotatable bonds is 8. The van der Waals surface area contributed by atoms with Crippen molar-refractivity contribution in [1.82, 2.24) is 15.5 Å². The van der Waals surface area contributed by atoms with E-state index in [1.54, 1.807) is 12.1 Å². The lowest BCUT2D eigenvalue weighted by Crippen LogP contribution is -2.40. The van der Waals surface area contributed by atoms with Crippen molar-refractivity contribution < 1.29 is 19.1 Å². The number of aliphatic imine (C=N–C) groups is 1. The molecule has 2 amide bonds. The number of likely N-dealkylation sites (tertiary alicyclic amines) is 1. The zero-order chi connectivity index (χ0) is 22.0. The van der Waals surface area contributed by atoms with E-state index in [2.05, 4.69) is 27.8 Å². The molecule has 1 aromatic carbocycles. The van der Waals surface area contributed by atoms with Crippen molar-refractivity contribution in [3.8, 4) is 0 Å². The fourth-order valence-electron chi connectivity index (χ4n) is 4.99. The largest absolute Gasteiger partial charge is 0.392 e. The Morgan fingerprint density at radius 2 is 1.88 bits per heavy atom. The number of carbonyl (C=O) groups excluding carboxylic acids is 2. The van der Waals surface area contributed by atoms with Crippen LogP contribution < -0.4 is 10.6 Å². The van der Waals surface area contributed by atoms with Gasteiger partial charge in [-0.2, -0.15) is 0 Å². The molecule has 1 saturated heterocycles. The lowest BCUT2D eigenvalue weighted by molar-refractivity contribution is -0.140. The predicted octanol–water partition coefficient (Wildman–Crippen LogP) is 2.19. The summed E-state index contributed by atoms with van der Waals surface area (Å²) >= 11 is 0. The predicted molar refractivity (Wildman–Crippen MR) is 130 cm³/mol. The molecule has 0 aromatic heterocycles. The summed E-state index contributed by atoms with van der Waals surface area (Å²) in [6.07, 6.45) is 5.78. The van der Waals surface area contributed by atoms with Crippen molar-refractivity contribution >= 4 is 41.8 Å². The van der Waals surface area contributed by atoms with Crippen LogP contribution in [0.2, 0.25) is 0 Å². The molecular weight excluding hydrogens is 526 g/mol. The Labute approximate surface area is 204 Å². The number of amides is 2. The number of nitrogens with zero attached hydrogens (tertiary/aromatic N) is 2. The maximum absolute atomic E-state index is 13.5. The van der Waals surface area contributed by atoms with E-state index in [9.17, 15) is 19.1 Å². The summed E-state index contributed by atoms with van der Waals surface area (Å²) in [5, 5.41) is 15.6. The van der Waals surface area contributed by atoms with Gasteiger partial charge in [0.2, 0.25) is 11.8 Å². The van der Waals surface area contributed by atoms with E-state index in [4.69, 9.17) is 0 Å². The molecular formula is C23H30FIN4O3. The number of hydrogen-bond acceptors (Lipinski definition) is 4. The number of allylic oxidation sites excluding steroid dienone is 2. The molecule has 2 fully saturated rings. The number of aliphatic hydroxyl groups is 1. The third-order valence-corrected chi connectivity index (χ3v) is 6.46. The van der Waals surface area contributed by atoms with Crippen LogP contribution in [0, 0.1) is 29.5 Å².